The maximum absolute atomic E-state index is 14.1. The molecular weight excluding hydrogens is 486 g/mol. The lowest BCUT2D eigenvalue weighted by atomic mass is 9.96. The lowest BCUT2D eigenvalue weighted by Gasteiger charge is -2.35. The van der Waals surface area contributed by atoms with Crippen LogP contribution in [-0.4, -0.2) is 59.0 Å². The van der Waals surface area contributed by atoms with Crippen molar-refractivity contribution in [2.24, 2.45) is 0 Å². The molecule has 7 nitrogen and oxygen atoms in total. The fourth-order valence-electron chi connectivity index (χ4n) is 3.98. The molecule has 3 amide bonds. The maximum Gasteiger partial charge on any atom is 0.408 e. The number of hydrogen-bond acceptors (Lipinski definition) is 5. The fourth-order valence-corrected chi connectivity index (χ4v) is 4.45. The molecule has 0 saturated heterocycles. The average Bonchev–Trinajstić information content (AvgIpc) is 2.82. The van der Waals surface area contributed by atoms with E-state index in [1.165, 1.54) is 0 Å². The summed E-state index contributed by atoms with van der Waals surface area (Å²) in [7, 11) is 0. The van der Waals surface area contributed by atoms with Crippen LogP contribution in [0.5, 0.6) is 0 Å². The number of carbonyl (C=O) groups is 3. The number of thioether (sulfide) groups is 1. The Balaban J connectivity index is 3.53. The summed E-state index contributed by atoms with van der Waals surface area (Å²) < 4.78 is 5.43. The van der Waals surface area contributed by atoms with Crippen molar-refractivity contribution < 1.29 is 19.1 Å². The number of nitrogens with zero attached hydrogens (tertiary/aromatic N) is 1. The smallest absolute Gasteiger partial charge is 0.408 e. The third-order valence-corrected chi connectivity index (χ3v) is 6.36. The highest BCUT2D eigenvalue weighted by molar-refractivity contribution is 7.98. The van der Waals surface area contributed by atoms with Crippen molar-refractivity contribution in [3.8, 4) is 12.3 Å². The van der Waals surface area contributed by atoms with Crippen LogP contribution in [0, 0.1) is 12.3 Å². The standard InChI is InChI=1S/C29H45N3O4S/c1-9-12-19-32(27(34)24(18-20-37-8)31-28(35)36-29(5,6)7)25(26(33)30-21(4)15-10-2)23-17-14-13-16-22(23)11-3/h3,13-14,16-17,21,24-25H,9-10,12,15,18-20H2,1-2,4-8H3,(H,30,33)(H,31,35). The molecule has 0 fully saturated rings. The quantitative estimate of drug-likeness (QED) is 0.319. The monoisotopic (exact) mass is 531 g/mol. The van der Waals surface area contributed by atoms with E-state index in [4.69, 9.17) is 11.2 Å². The van der Waals surface area contributed by atoms with E-state index >= 15 is 0 Å². The first-order valence-electron chi connectivity index (χ1n) is 13.1. The Kier molecular flexibility index (Phi) is 14.2. The molecule has 0 aliphatic heterocycles. The summed E-state index contributed by atoms with van der Waals surface area (Å²) in [5.74, 6) is 2.71. The highest BCUT2D eigenvalue weighted by Crippen LogP contribution is 2.27. The van der Waals surface area contributed by atoms with E-state index in [1.54, 1.807) is 49.6 Å². The summed E-state index contributed by atoms with van der Waals surface area (Å²) in [6.07, 6.45) is 10.7. The number of carbonyl (C=O) groups excluding carboxylic acids is 3. The normalized spacial score (nSPS) is 13.6. The van der Waals surface area contributed by atoms with Crippen LogP contribution in [0.1, 0.15) is 90.8 Å². The van der Waals surface area contributed by atoms with E-state index in [0.29, 0.717) is 36.3 Å². The van der Waals surface area contributed by atoms with Crippen molar-refractivity contribution >= 4 is 29.7 Å². The second-order valence-corrected chi connectivity index (χ2v) is 11.2. The molecule has 0 saturated carbocycles. The zero-order valence-corrected chi connectivity index (χ0v) is 24.4. The third kappa shape index (κ3) is 11.1. The van der Waals surface area contributed by atoms with E-state index in [0.717, 1.165) is 19.3 Å². The Morgan fingerprint density at radius 3 is 2.35 bits per heavy atom. The third-order valence-electron chi connectivity index (χ3n) is 5.72. The Bertz CT molecular complexity index is 922. The predicted octanol–water partition coefficient (Wildman–Crippen LogP) is 5.29. The molecule has 0 bridgehead atoms. The van der Waals surface area contributed by atoms with Gasteiger partial charge in [0, 0.05) is 18.2 Å². The largest absolute Gasteiger partial charge is 0.444 e. The molecule has 8 heteroatoms. The highest BCUT2D eigenvalue weighted by Gasteiger charge is 2.37. The molecule has 0 aromatic heterocycles. The summed E-state index contributed by atoms with van der Waals surface area (Å²) in [4.78, 5) is 42.1. The average molecular weight is 532 g/mol. The topological polar surface area (TPSA) is 87.7 Å². The van der Waals surface area contributed by atoms with Crippen LogP contribution in [0.3, 0.4) is 0 Å². The molecule has 0 heterocycles. The van der Waals surface area contributed by atoms with Gasteiger partial charge in [-0.05, 0) is 70.6 Å². The first kappa shape index (κ1) is 32.4. The Morgan fingerprint density at radius 1 is 1.11 bits per heavy atom. The van der Waals surface area contributed by atoms with E-state index in [-0.39, 0.29) is 17.9 Å². The van der Waals surface area contributed by atoms with Gasteiger partial charge in [0.1, 0.15) is 17.7 Å². The molecule has 1 rings (SSSR count). The SMILES string of the molecule is C#Cc1ccccc1C(C(=O)NC(C)CCC)N(CCCC)C(=O)C(CCSC)NC(=O)OC(C)(C)C. The van der Waals surface area contributed by atoms with Gasteiger partial charge in [0.2, 0.25) is 11.8 Å². The van der Waals surface area contributed by atoms with Gasteiger partial charge >= 0.3 is 6.09 Å². The summed E-state index contributed by atoms with van der Waals surface area (Å²) in [6, 6.07) is 5.37. The minimum absolute atomic E-state index is 0.0618. The molecule has 0 aliphatic rings. The van der Waals surface area contributed by atoms with Gasteiger partial charge in [0.05, 0.1) is 0 Å². The number of benzene rings is 1. The van der Waals surface area contributed by atoms with Gasteiger partial charge in [-0.3, -0.25) is 9.59 Å². The first-order chi connectivity index (χ1) is 17.5. The molecule has 206 valence electrons. The van der Waals surface area contributed by atoms with Crippen molar-refractivity contribution in [3.05, 3.63) is 35.4 Å². The number of unbranched alkanes of at least 4 members (excludes halogenated alkanes) is 1. The van der Waals surface area contributed by atoms with Crippen LogP contribution < -0.4 is 10.6 Å². The zero-order valence-electron chi connectivity index (χ0n) is 23.6. The molecule has 3 atom stereocenters. The second kappa shape index (κ2) is 16.2. The lowest BCUT2D eigenvalue weighted by molar-refractivity contribution is -0.143. The van der Waals surface area contributed by atoms with Crippen molar-refractivity contribution in [2.45, 2.75) is 97.4 Å². The number of ether oxygens (including phenoxy) is 1. The van der Waals surface area contributed by atoms with Gasteiger partial charge in [0.15, 0.2) is 0 Å². The van der Waals surface area contributed by atoms with Gasteiger partial charge in [-0.15, -0.1) is 6.42 Å². The zero-order chi connectivity index (χ0) is 28.0. The minimum Gasteiger partial charge on any atom is -0.444 e. The summed E-state index contributed by atoms with van der Waals surface area (Å²) in [6.45, 7) is 11.7. The highest BCUT2D eigenvalue weighted by atomic mass is 32.2. The number of nitrogens with one attached hydrogen (secondary N) is 2. The lowest BCUT2D eigenvalue weighted by Crippen LogP contribution is -2.54. The number of amides is 3. The van der Waals surface area contributed by atoms with Crippen LogP contribution in [0.2, 0.25) is 0 Å². The van der Waals surface area contributed by atoms with Gasteiger partial charge in [-0.1, -0.05) is 50.8 Å². The van der Waals surface area contributed by atoms with Crippen molar-refractivity contribution in [2.75, 3.05) is 18.6 Å². The summed E-state index contributed by atoms with van der Waals surface area (Å²) in [5.41, 5.74) is 0.445. The Morgan fingerprint density at radius 2 is 1.78 bits per heavy atom. The van der Waals surface area contributed by atoms with Crippen LogP contribution in [-0.2, 0) is 14.3 Å². The number of alkyl carbamates (subject to hydrolysis) is 1. The molecule has 0 radical (unpaired) electrons. The first-order valence-corrected chi connectivity index (χ1v) is 14.5. The summed E-state index contributed by atoms with van der Waals surface area (Å²) >= 11 is 1.58. The molecular formula is C29H45N3O4S. The van der Waals surface area contributed by atoms with Crippen molar-refractivity contribution in [1.29, 1.82) is 0 Å². The van der Waals surface area contributed by atoms with E-state index in [1.807, 2.05) is 32.2 Å². The van der Waals surface area contributed by atoms with Crippen molar-refractivity contribution in [1.82, 2.24) is 15.5 Å². The number of hydrogen-bond donors (Lipinski definition) is 2. The van der Waals surface area contributed by atoms with Gasteiger partial charge in [0.25, 0.3) is 0 Å². The molecule has 1 aromatic rings. The van der Waals surface area contributed by atoms with Crippen LogP contribution in [0.15, 0.2) is 24.3 Å². The molecule has 0 spiro atoms. The molecule has 2 N–H and O–H groups in total. The van der Waals surface area contributed by atoms with Crippen LogP contribution >= 0.6 is 11.8 Å². The van der Waals surface area contributed by atoms with Crippen molar-refractivity contribution in [3.63, 3.8) is 0 Å². The molecule has 3 unspecified atom stereocenters. The predicted molar refractivity (Wildman–Crippen MR) is 152 cm³/mol. The molecule has 0 aliphatic carbocycles. The van der Waals surface area contributed by atoms with E-state index < -0.39 is 23.8 Å². The van der Waals surface area contributed by atoms with Gasteiger partial charge < -0.3 is 20.3 Å². The number of terminal acetylenes is 1. The van der Waals surface area contributed by atoms with Gasteiger partial charge in [-0.2, -0.15) is 11.8 Å². The Labute approximate surface area is 227 Å². The molecule has 1 aromatic carbocycles. The maximum atomic E-state index is 14.1. The summed E-state index contributed by atoms with van der Waals surface area (Å²) in [5, 5.41) is 5.84. The fraction of sp³-hybridized carbons (Fsp3) is 0.621. The second-order valence-electron chi connectivity index (χ2n) is 10.2. The van der Waals surface area contributed by atoms with Crippen LogP contribution in [0.25, 0.3) is 0 Å². The van der Waals surface area contributed by atoms with Gasteiger partial charge in [-0.25, -0.2) is 4.79 Å². The Hall–Kier alpha value is -2.66. The van der Waals surface area contributed by atoms with Crippen LogP contribution in [0.4, 0.5) is 4.79 Å². The number of rotatable bonds is 14. The van der Waals surface area contributed by atoms with E-state index in [2.05, 4.69) is 23.5 Å². The van der Waals surface area contributed by atoms with E-state index in [9.17, 15) is 14.4 Å². The minimum atomic E-state index is -0.928. The molecule has 37 heavy (non-hydrogen) atoms.